The van der Waals surface area contributed by atoms with Crippen molar-refractivity contribution in [2.24, 2.45) is 5.10 Å². The summed E-state index contributed by atoms with van der Waals surface area (Å²) in [4.78, 5) is 41.0. The van der Waals surface area contributed by atoms with Crippen LogP contribution >= 0.6 is 47.8 Å². The van der Waals surface area contributed by atoms with Gasteiger partial charge in [0.1, 0.15) is 5.70 Å². The number of rotatable bonds is 9. The van der Waals surface area contributed by atoms with Crippen LogP contribution in [0.3, 0.4) is 0 Å². The van der Waals surface area contributed by atoms with E-state index in [0.29, 0.717) is 31.2 Å². The molecule has 0 unspecified atom stereocenters. The van der Waals surface area contributed by atoms with Crippen molar-refractivity contribution in [3.8, 4) is 5.75 Å². The Hall–Kier alpha value is -4.06. The zero-order valence-corrected chi connectivity index (χ0v) is 27.7. The van der Waals surface area contributed by atoms with Crippen molar-refractivity contribution >= 4 is 83.6 Å². The molecule has 0 aliphatic rings. The van der Waals surface area contributed by atoms with Crippen molar-refractivity contribution in [1.29, 1.82) is 0 Å². The Bertz CT molecular complexity index is 1710. The van der Waals surface area contributed by atoms with Gasteiger partial charge >= 0.3 is 5.97 Å². The van der Waals surface area contributed by atoms with E-state index in [0.717, 1.165) is 10.2 Å². The molecule has 0 spiro atoms. The lowest BCUT2D eigenvalue weighted by atomic mass is 10.1. The van der Waals surface area contributed by atoms with E-state index in [2.05, 4.69) is 63.6 Å². The molecule has 0 radical (unpaired) electrons. The fourth-order valence-electron chi connectivity index (χ4n) is 3.75. The van der Waals surface area contributed by atoms with Crippen molar-refractivity contribution in [1.82, 2.24) is 10.7 Å². The summed E-state index contributed by atoms with van der Waals surface area (Å²) in [6.07, 6.45) is 2.91. The number of hydrogen-bond donors (Lipinski definition) is 2. The van der Waals surface area contributed by atoms with E-state index in [9.17, 15) is 14.4 Å². The summed E-state index contributed by atoms with van der Waals surface area (Å²) < 4.78 is 7.60. The number of esters is 1. The molecule has 0 bridgehead atoms. The molecule has 0 fully saturated rings. The van der Waals surface area contributed by atoms with Crippen molar-refractivity contribution in [3.05, 3.63) is 132 Å². The Morgan fingerprint density at radius 2 is 1.51 bits per heavy atom. The predicted octanol–water partition coefficient (Wildman–Crippen LogP) is 7.18. The smallest absolute Gasteiger partial charge is 0.343 e. The van der Waals surface area contributed by atoms with E-state index in [1.807, 2.05) is 43.3 Å². The molecule has 0 aromatic heterocycles. The van der Waals surface area contributed by atoms with Crippen LogP contribution in [0.1, 0.15) is 31.8 Å². The summed E-state index contributed by atoms with van der Waals surface area (Å²) in [6, 6.07) is 26.3. The number of hydrogen-bond acceptors (Lipinski definition) is 6. The highest BCUT2D eigenvalue weighted by Gasteiger charge is 2.17. The first-order valence-electron chi connectivity index (χ1n) is 12.8. The zero-order chi connectivity index (χ0) is 30.9. The predicted molar refractivity (Wildman–Crippen MR) is 179 cm³/mol. The maximum absolute atomic E-state index is 13.3. The number of anilines is 1. The van der Waals surface area contributed by atoms with E-state index in [1.54, 1.807) is 72.8 Å². The van der Waals surface area contributed by atoms with Gasteiger partial charge in [-0.25, -0.2) is 10.2 Å². The third-order valence-electron chi connectivity index (χ3n) is 5.91. The second-order valence-corrected chi connectivity index (χ2v) is 12.0. The highest BCUT2D eigenvalue weighted by Crippen LogP contribution is 2.33. The Balaban J connectivity index is 1.58. The number of ether oxygens (including phenoxy) is 1. The van der Waals surface area contributed by atoms with E-state index < -0.39 is 17.8 Å². The van der Waals surface area contributed by atoms with Crippen LogP contribution in [-0.2, 0) is 4.79 Å². The molecule has 0 saturated heterocycles. The molecular weight excluding hydrogens is 744 g/mol. The van der Waals surface area contributed by atoms with Gasteiger partial charge in [-0.1, -0.05) is 68.3 Å². The minimum absolute atomic E-state index is 0.0136. The number of nitrogens with zero attached hydrogens (tertiary/aromatic N) is 2. The number of halogens is 3. The molecule has 218 valence electrons. The Labute approximate surface area is 274 Å². The average molecular weight is 769 g/mol. The third kappa shape index (κ3) is 8.96. The Morgan fingerprint density at radius 1 is 0.814 bits per heavy atom. The second kappa shape index (κ2) is 14.9. The summed E-state index contributed by atoms with van der Waals surface area (Å²) in [5.41, 5.74) is 5.28. The molecule has 4 rings (SSSR count). The van der Waals surface area contributed by atoms with Crippen LogP contribution in [0.4, 0.5) is 5.69 Å². The topological polar surface area (TPSA) is 100 Å². The van der Waals surface area contributed by atoms with Crippen LogP contribution in [0.2, 0.25) is 0 Å². The first-order valence-corrected chi connectivity index (χ1v) is 15.1. The van der Waals surface area contributed by atoms with Gasteiger partial charge in [-0.2, -0.15) is 5.10 Å². The molecule has 11 heteroatoms. The first-order chi connectivity index (χ1) is 20.6. The van der Waals surface area contributed by atoms with E-state index in [1.165, 1.54) is 6.21 Å². The van der Waals surface area contributed by atoms with Gasteiger partial charge in [0.2, 0.25) is 0 Å². The molecule has 2 N–H and O–H groups in total. The first kappa shape index (κ1) is 31.9. The molecule has 43 heavy (non-hydrogen) atoms. The Morgan fingerprint density at radius 3 is 2.19 bits per heavy atom. The molecule has 0 saturated carbocycles. The number of nitrogens with one attached hydrogen (secondary N) is 2. The summed E-state index contributed by atoms with van der Waals surface area (Å²) in [5, 5.41) is 6.78. The lowest BCUT2D eigenvalue weighted by Crippen LogP contribution is -2.32. The molecule has 0 aliphatic carbocycles. The minimum Gasteiger partial charge on any atom is -0.421 e. The van der Waals surface area contributed by atoms with E-state index in [-0.39, 0.29) is 11.4 Å². The minimum atomic E-state index is -0.654. The normalized spacial score (nSPS) is 11.2. The number of amides is 2. The fourth-order valence-corrected chi connectivity index (χ4v) is 5.49. The van der Waals surface area contributed by atoms with Gasteiger partial charge in [-0.15, -0.1) is 0 Å². The van der Waals surface area contributed by atoms with E-state index in [4.69, 9.17) is 4.74 Å². The quantitative estimate of drug-likeness (QED) is 0.0619. The fraction of sp³-hybridized carbons (Fsp3) is 0.0625. The molecule has 2 amide bonds. The zero-order valence-electron chi connectivity index (χ0n) is 23.0. The highest BCUT2D eigenvalue weighted by molar-refractivity contribution is 9.11. The molecule has 0 aliphatic heterocycles. The van der Waals surface area contributed by atoms with Crippen LogP contribution in [-0.4, -0.2) is 38.1 Å². The third-order valence-corrected chi connectivity index (χ3v) is 7.45. The number of benzene rings is 4. The standard InChI is InChI=1S/C32H25Br3N4O4/c1-39(2)26-13-11-20(12-14-26)15-28(37-30(40)21-7-4-3-5-8-21)31(41)38-36-19-23-17-25(34)18-27(35)29(23)43-32(42)22-9-6-10-24(33)16-22/h3-19H,1-2H3,(H,37,40)(H,38,41)/b28-15+,36-19+. The lowest BCUT2D eigenvalue weighted by Gasteiger charge is -2.13. The van der Waals surface area contributed by atoms with Crippen molar-refractivity contribution < 1.29 is 19.1 Å². The molecule has 0 atom stereocenters. The average Bonchev–Trinajstić information content (AvgIpc) is 2.99. The maximum Gasteiger partial charge on any atom is 0.343 e. The molecular formula is C32H25Br3N4O4. The number of carbonyl (C=O) groups is 3. The summed E-state index contributed by atoms with van der Waals surface area (Å²) in [7, 11) is 3.86. The molecule has 8 nitrogen and oxygen atoms in total. The van der Waals surface area contributed by atoms with Gasteiger partial charge in [0, 0.05) is 39.9 Å². The van der Waals surface area contributed by atoms with Crippen LogP contribution in [0.15, 0.2) is 115 Å². The largest absolute Gasteiger partial charge is 0.421 e. The van der Waals surface area contributed by atoms with Gasteiger partial charge < -0.3 is 15.0 Å². The highest BCUT2D eigenvalue weighted by atomic mass is 79.9. The number of carbonyl (C=O) groups excluding carboxylic acids is 3. The van der Waals surface area contributed by atoms with Crippen molar-refractivity contribution in [3.63, 3.8) is 0 Å². The SMILES string of the molecule is CN(C)c1ccc(/C=C(/NC(=O)c2ccccc2)C(=O)N/N=C/c2cc(Br)cc(Br)c2OC(=O)c2cccc(Br)c2)cc1. The van der Waals surface area contributed by atoms with Crippen LogP contribution in [0, 0.1) is 0 Å². The van der Waals surface area contributed by atoms with Gasteiger partial charge in [0.15, 0.2) is 5.75 Å². The van der Waals surface area contributed by atoms with Crippen molar-refractivity contribution in [2.45, 2.75) is 0 Å². The summed E-state index contributed by atoms with van der Waals surface area (Å²) in [5.74, 6) is -1.47. The van der Waals surface area contributed by atoms with Crippen LogP contribution in [0.25, 0.3) is 6.08 Å². The van der Waals surface area contributed by atoms with Gasteiger partial charge in [0.25, 0.3) is 11.8 Å². The maximum atomic E-state index is 13.3. The molecule has 0 heterocycles. The van der Waals surface area contributed by atoms with Gasteiger partial charge in [-0.05, 0) is 82.2 Å². The Kier molecular flexibility index (Phi) is 11.0. The van der Waals surface area contributed by atoms with E-state index >= 15 is 0 Å². The van der Waals surface area contributed by atoms with Crippen molar-refractivity contribution in [2.75, 3.05) is 19.0 Å². The van der Waals surface area contributed by atoms with Crippen LogP contribution < -0.4 is 20.4 Å². The molecule has 4 aromatic carbocycles. The van der Waals surface area contributed by atoms with Gasteiger partial charge in [-0.3, -0.25) is 9.59 Å². The molecule has 4 aromatic rings. The number of hydrazone groups is 1. The second-order valence-electron chi connectivity index (χ2n) is 9.27. The summed E-state index contributed by atoms with van der Waals surface area (Å²) >= 11 is 10.2. The monoisotopic (exact) mass is 766 g/mol. The lowest BCUT2D eigenvalue weighted by molar-refractivity contribution is -0.117. The van der Waals surface area contributed by atoms with Gasteiger partial charge in [0.05, 0.1) is 16.3 Å². The summed E-state index contributed by atoms with van der Waals surface area (Å²) in [6.45, 7) is 0. The van der Waals surface area contributed by atoms with Crippen LogP contribution in [0.5, 0.6) is 5.75 Å².